The van der Waals surface area contributed by atoms with E-state index in [4.69, 9.17) is 23.7 Å². The molecule has 32 heavy (non-hydrogen) atoms. The molecule has 0 aromatic heterocycles. The molecule has 9 heteroatoms. The van der Waals surface area contributed by atoms with Crippen LogP contribution in [0.1, 0.15) is 41.5 Å². The lowest BCUT2D eigenvalue weighted by atomic mass is 9.74. The Morgan fingerprint density at radius 2 is 1.56 bits per heavy atom. The van der Waals surface area contributed by atoms with E-state index in [1.807, 2.05) is 33.8 Å². The molecular formula is C23H30N2O7. The minimum atomic E-state index is -1.44. The smallest absolute Gasteiger partial charge is 0.331 e. The zero-order chi connectivity index (χ0) is 23.1. The maximum Gasteiger partial charge on any atom is 0.331 e. The number of carbonyl (C=O) groups excluding carboxylic acids is 2. The fourth-order valence-corrected chi connectivity index (χ4v) is 5.17. The number of carbonyl (C=O) groups is 2. The lowest BCUT2D eigenvalue weighted by Gasteiger charge is -2.51. The molecule has 1 aromatic carbocycles. The Balaban J connectivity index is 1.54. The number of benzene rings is 1. The SMILES string of the molecule is CC1(C)OC[C@H]([C@H]2O[C@]3(NC(=O)N(c4ccccc4)C(=O)C3(C)C)[C@H]3OC(C)(C)O[C@@H]23)O1. The van der Waals surface area contributed by atoms with Crippen LogP contribution in [-0.2, 0) is 28.5 Å². The molecule has 0 unspecified atom stereocenters. The van der Waals surface area contributed by atoms with Gasteiger partial charge in [0.15, 0.2) is 17.3 Å². The van der Waals surface area contributed by atoms with Gasteiger partial charge in [-0.15, -0.1) is 0 Å². The molecule has 1 N–H and O–H groups in total. The van der Waals surface area contributed by atoms with E-state index in [1.54, 1.807) is 38.1 Å². The summed E-state index contributed by atoms with van der Waals surface area (Å²) < 4.78 is 30.8. The molecule has 4 saturated heterocycles. The van der Waals surface area contributed by atoms with E-state index in [-0.39, 0.29) is 5.91 Å². The predicted octanol–water partition coefficient (Wildman–Crippen LogP) is 2.54. The summed E-state index contributed by atoms with van der Waals surface area (Å²) in [6.07, 6.45) is -2.30. The van der Waals surface area contributed by atoms with Gasteiger partial charge in [0.25, 0.3) is 0 Å². The van der Waals surface area contributed by atoms with Crippen LogP contribution < -0.4 is 10.2 Å². The van der Waals surface area contributed by atoms with Crippen molar-refractivity contribution in [2.75, 3.05) is 11.5 Å². The van der Waals surface area contributed by atoms with Crippen molar-refractivity contribution >= 4 is 17.6 Å². The summed E-state index contributed by atoms with van der Waals surface area (Å²) in [6, 6.07) is 8.25. The monoisotopic (exact) mass is 446 g/mol. The van der Waals surface area contributed by atoms with Crippen LogP contribution >= 0.6 is 0 Å². The number of nitrogens with one attached hydrogen (secondary N) is 1. The number of fused-ring (bicyclic) bond motifs is 2. The van der Waals surface area contributed by atoms with Crippen LogP contribution in [0.5, 0.6) is 0 Å². The first-order valence-corrected chi connectivity index (χ1v) is 10.9. The maximum absolute atomic E-state index is 13.7. The van der Waals surface area contributed by atoms with Gasteiger partial charge in [0.1, 0.15) is 24.4 Å². The molecule has 9 nitrogen and oxygen atoms in total. The number of anilines is 1. The van der Waals surface area contributed by atoms with Crippen molar-refractivity contribution in [2.45, 2.75) is 83.3 Å². The fourth-order valence-electron chi connectivity index (χ4n) is 5.17. The second-order valence-electron chi connectivity index (χ2n) is 10.2. The fraction of sp³-hybridized carbons (Fsp3) is 0.652. The Kier molecular flexibility index (Phi) is 4.59. The first-order chi connectivity index (χ1) is 14.9. The van der Waals surface area contributed by atoms with Gasteiger partial charge in [0.05, 0.1) is 17.7 Å². The largest absolute Gasteiger partial charge is 0.348 e. The Bertz CT molecular complexity index is 947. The molecule has 0 saturated carbocycles. The van der Waals surface area contributed by atoms with E-state index in [0.29, 0.717) is 12.3 Å². The van der Waals surface area contributed by atoms with Crippen molar-refractivity contribution in [1.82, 2.24) is 5.32 Å². The molecule has 4 heterocycles. The zero-order valence-electron chi connectivity index (χ0n) is 19.2. The second-order valence-corrected chi connectivity index (χ2v) is 10.2. The van der Waals surface area contributed by atoms with Gasteiger partial charge in [0.2, 0.25) is 5.91 Å². The van der Waals surface area contributed by atoms with Crippen molar-refractivity contribution in [2.24, 2.45) is 5.41 Å². The standard InChI is InChI=1S/C23H30N2O7/c1-20(2)18(26)25(13-10-8-7-9-11-13)19(27)24-23(20)17-16(30-22(5,6)32-17)15(31-23)14-12-28-21(3,4)29-14/h7-11,14-17H,12H2,1-6H3,(H,24,27)/t14-,15-,16+,17+,23-/m1/s1. The average molecular weight is 447 g/mol. The Labute approximate surface area is 187 Å². The van der Waals surface area contributed by atoms with Crippen LogP contribution in [0.2, 0.25) is 0 Å². The van der Waals surface area contributed by atoms with Gasteiger partial charge in [-0.1, -0.05) is 18.2 Å². The molecule has 5 atom stereocenters. The topological polar surface area (TPSA) is 95.6 Å². The number of amides is 3. The number of ether oxygens (including phenoxy) is 5. The van der Waals surface area contributed by atoms with Gasteiger partial charge < -0.3 is 29.0 Å². The van der Waals surface area contributed by atoms with Gasteiger partial charge >= 0.3 is 6.03 Å². The van der Waals surface area contributed by atoms with E-state index in [9.17, 15) is 9.59 Å². The zero-order valence-corrected chi connectivity index (χ0v) is 19.2. The van der Waals surface area contributed by atoms with Gasteiger partial charge in [0, 0.05) is 0 Å². The van der Waals surface area contributed by atoms with E-state index in [2.05, 4.69) is 5.32 Å². The molecule has 4 fully saturated rings. The number of imide groups is 1. The molecule has 1 spiro atoms. The van der Waals surface area contributed by atoms with Crippen molar-refractivity contribution in [3.05, 3.63) is 30.3 Å². The highest BCUT2D eigenvalue weighted by Gasteiger charge is 2.74. The molecule has 0 aliphatic carbocycles. The van der Waals surface area contributed by atoms with Crippen molar-refractivity contribution < 1.29 is 33.3 Å². The molecule has 0 radical (unpaired) electrons. The molecule has 0 bridgehead atoms. The van der Waals surface area contributed by atoms with E-state index < -0.39 is 53.2 Å². The van der Waals surface area contributed by atoms with Crippen LogP contribution in [0.15, 0.2) is 30.3 Å². The van der Waals surface area contributed by atoms with Crippen molar-refractivity contribution in [1.29, 1.82) is 0 Å². The third-order valence-electron chi connectivity index (χ3n) is 6.75. The van der Waals surface area contributed by atoms with Gasteiger partial charge in [-0.3, -0.25) is 4.79 Å². The van der Waals surface area contributed by atoms with E-state index >= 15 is 0 Å². The highest BCUT2D eigenvalue weighted by molar-refractivity contribution is 6.18. The predicted molar refractivity (Wildman–Crippen MR) is 113 cm³/mol. The summed E-state index contributed by atoms with van der Waals surface area (Å²) in [4.78, 5) is 28.2. The molecule has 5 rings (SSSR count). The number of hydrogen-bond donors (Lipinski definition) is 1. The van der Waals surface area contributed by atoms with Gasteiger partial charge in [-0.05, 0) is 53.7 Å². The summed E-state index contributed by atoms with van der Waals surface area (Å²) in [6.45, 7) is 11.1. The van der Waals surface area contributed by atoms with Crippen molar-refractivity contribution in [3.8, 4) is 0 Å². The summed E-state index contributed by atoms with van der Waals surface area (Å²) in [5.41, 5.74) is -2.12. The van der Waals surface area contributed by atoms with Gasteiger partial charge in [-0.2, -0.15) is 0 Å². The normalized spacial score (nSPS) is 39.4. The lowest BCUT2D eigenvalue weighted by molar-refractivity contribution is -0.252. The quantitative estimate of drug-likeness (QED) is 0.746. The molecule has 3 amide bonds. The minimum Gasteiger partial charge on any atom is -0.348 e. The number of nitrogens with zero attached hydrogens (tertiary/aromatic N) is 1. The van der Waals surface area contributed by atoms with Gasteiger partial charge in [-0.25, -0.2) is 9.69 Å². The second kappa shape index (κ2) is 6.74. The highest BCUT2D eigenvalue weighted by Crippen LogP contribution is 2.54. The first-order valence-electron chi connectivity index (χ1n) is 10.9. The van der Waals surface area contributed by atoms with Crippen LogP contribution in [0.3, 0.4) is 0 Å². The summed E-state index contributed by atoms with van der Waals surface area (Å²) in [7, 11) is 0. The molecule has 1 aromatic rings. The minimum absolute atomic E-state index is 0.305. The summed E-state index contributed by atoms with van der Waals surface area (Å²) in [5.74, 6) is -2.07. The number of urea groups is 1. The third-order valence-corrected chi connectivity index (χ3v) is 6.75. The third kappa shape index (κ3) is 3.03. The molecular weight excluding hydrogens is 416 g/mol. The number of rotatable bonds is 2. The van der Waals surface area contributed by atoms with E-state index in [0.717, 1.165) is 4.90 Å². The Morgan fingerprint density at radius 3 is 2.19 bits per heavy atom. The first kappa shape index (κ1) is 21.8. The summed E-state index contributed by atoms with van der Waals surface area (Å²) >= 11 is 0. The molecule has 4 aliphatic heterocycles. The molecule has 174 valence electrons. The highest BCUT2D eigenvalue weighted by atomic mass is 16.8. The number of para-hydroxylation sites is 1. The van der Waals surface area contributed by atoms with Crippen LogP contribution in [-0.4, -0.2) is 60.3 Å². The van der Waals surface area contributed by atoms with E-state index in [1.165, 1.54) is 0 Å². The van der Waals surface area contributed by atoms with Crippen LogP contribution in [0.4, 0.5) is 10.5 Å². The maximum atomic E-state index is 13.7. The van der Waals surface area contributed by atoms with Crippen LogP contribution in [0.25, 0.3) is 0 Å². The van der Waals surface area contributed by atoms with Crippen molar-refractivity contribution in [3.63, 3.8) is 0 Å². The molecule has 4 aliphatic rings. The Hall–Kier alpha value is -2.04. The summed E-state index contributed by atoms with van der Waals surface area (Å²) in [5, 5.41) is 2.99. The Morgan fingerprint density at radius 1 is 0.875 bits per heavy atom. The average Bonchev–Trinajstić information content (AvgIpc) is 3.31. The lowest BCUT2D eigenvalue weighted by Crippen LogP contribution is -2.76. The van der Waals surface area contributed by atoms with Crippen LogP contribution in [0, 0.1) is 5.41 Å². The number of hydrogen-bond acceptors (Lipinski definition) is 7.